The molecule has 10 nitrogen and oxygen atoms in total. The van der Waals surface area contributed by atoms with Crippen LogP contribution in [0.2, 0.25) is 5.02 Å². The fourth-order valence-electron chi connectivity index (χ4n) is 8.38. The Labute approximate surface area is 278 Å². The Balaban J connectivity index is 1.12. The first kappa shape index (κ1) is 30.0. The number of fused-ring (bicyclic) bond motifs is 9. The number of hydrogen-bond donors (Lipinski definition) is 1. The zero-order valence-corrected chi connectivity index (χ0v) is 27.4. The zero-order valence-electron chi connectivity index (χ0n) is 25.0. The number of aromatic amines is 1. The number of thioether (sulfide) groups is 1. The van der Waals surface area contributed by atoms with Gasteiger partial charge in [-0.05, 0) is 73.1 Å². The quantitative estimate of drug-likeness (QED) is 0.365. The predicted octanol–water partition coefficient (Wildman–Crippen LogP) is 4.40. The van der Waals surface area contributed by atoms with Crippen molar-refractivity contribution in [3.63, 3.8) is 0 Å². The van der Waals surface area contributed by atoms with E-state index >= 15 is 0 Å². The molecule has 0 spiro atoms. The van der Waals surface area contributed by atoms with Crippen molar-refractivity contribution >= 4 is 58.1 Å². The summed E-state index contributed by atoms with van der Waals surface area (Å²) in [5.41, 5.74) is 1.50. The number of anilines is 1. The van der Waals surface area contributed by atoms with E-state index in [1.165, 1.54) is 16.2 Å². The van der Waals surface area contributed by atoms with Gasteiger partial charge in [-0.25, -0.2) is 0 Å². The Bertz CT molecular complexity index is 1770. The summed E-state index contributed by atoms with van der Waals surface area (Å²) in [6.07, 6.45) is 0.794. The summed E-state index contributed by atoms with van der Waals surface area (Å²) in [5.74, 6) is -0.326. The molecule has 2 bridgehead atoms. The molecule has 0 radical (unpaired) electrons. The number of hydrogen-bond acceptors (Lipinski definition) is 9. The average Bonchev–Trinajstić information content (AvgIpc) is 3.80. The van der Waals surface area contributed by atoms with Crippen LogP contribution in [-0.4, -0.2) is 72.4 Å². The first-order valence-electron chi connectivity index (χ1n) is 15.6. The summed E-state index contributed by atoms with van der Waals surface area (Å²) in [6.45, 7) is 4.30. The van der Waals surface area contributed by atoms with Crippen LogP contribution in [-0.2, 0) is 19.1 Å². The highest BCUT2D eigenvalue weighted by molar-refractivity contribution is 8.00. The summed E-state index contributed by atoms with van der Waals surface area (Å²) in [5, 5.41) is 1.44. The Kier molecular flexibility index (Phi) is 7.66. The highest BCUT2D eigenvalue weighted by Gasteiger charge is 2.69. The number of rotatable bonds is 7. The minimum Gasteiger partial charge on any atom is -0.490 e. The van der Waals surface area contributed by atoms with Gasteiger partial charge in [0, 0.05) is 34.2 Å². The van der Waals surface area contributed by atoms with Gasteiger partial charge in [0.2, 0.25) is 11.8 Å². The highest BCUT2D eigenvalue weighted by atomic mass is 35.5. The minimum absolute atomic E-state index is 0.0120. The largest absolute Gasteiger partial charge is 0.490 e. The van der Waals surface area contributed by atoms with Crippen LogP contribution >= 0.6 is 34.7 Å². The number of carbonyl (C=O) groups excluding carboxylic acids is 3. The molecule has 2 saturated carbocycles. The second-order valence-electron chi connectivity index (χ2n) is 12.4. The number of ether oxygens (including phenoxy) is 3. The maximum absolute atomic E-state index is 14.0. The van der Waals surface area contributed by atoms with Crippen molar-refractivity contribution < 1.29 is 28.6 Å². The van der Waals surface area contributed by atoms with Crippen LogP contribution in [0.4, 0.5) is 5.69 Å². The molecule has 4 heterocycles. The number of nitrogens with zero attached hydrogens (tertiary/aromatic N) is 2. The molecule has 46 heavy (non-hydrogen) atoms. The van der Waals surface area contributed by atoms with Crippen LogP contribution in [0.5, 0.6) is 11.5 Å². The van der Waals surface area contributed by atoms with E-state index in [-0.39, 0.29) is 64.0 Å². The van der Waals surface area contributed by atoms with Gasteiger partial charge in [-0.3, -0.25) is 24.1 Å². The topological polar surface area (TPSA) is 118 Å². The fourth-order valence-corrected chi connectivity index (χ4v) is 11.4. The molecule has 3 aromatic rings. The van der Waals surface area contributed by atoms with E-state index in [0.717, 1.165) is 21.9 Å². The van der Waals surface area contributed by atoms with Gasteiger partial charge in [0.05, 0.1) is 42.4 Å². The van der Waals surface area contributed by atoms with Crippen molar-refractivity contribution in [1.29, 1.82) is 0 Å². The summed E-state index contributed by atoms with van der Waals surface area (Å²) in [4.78, 5) is 60.3. The van der Waals surface area contributed by atoms with Crippen molar-refractivity contribution in [2.75, 3.05) is 44.4 Å². The Hall–Kier alpha value is -3.32. The van der Waals surface area contributed by atoms with Gasteiger partial charge in [-0.2, -0.15) is 0 Å². The van der Waals surface area contributed by atoms with E-state index in [0.29, 0.717) is 55.1 Å². The van der Waals surface area contributed by atoms with Crippen LogP contribution in [0, 0.1) is 29.6 Å². The first-order valence-corrected chi connectivity index (χ1v) is 17.7. The van der Waals surface area contributed by atoms with Gasteiger partial charge in [0.15, 0.2) is 18.1 Å². The minimum atomic E-state index is -0.407. The predicted molar refractivity (Wildman–Crippen MR) is 173 cm³/mol. The molecule has 1 N–H and O–H groups in total. The molecule has 240 valence electrons. The van der Waals surface area contributed by atoms with Crippen LogP contribution in [0.25, 0.3) is 0 Å². The summed E-state index contributed by atoms with van der Waals surface area (Å²) >= 11 is 8.96. The Morgan fingerprint density at radius 1 is 1.00 bits per heavy atom. The zero-order chi connectivity index (χ0) is 31.7. The molecular weight excluding hydrogens is 650 g/mol. The molecule has 2 aliphatic carbocycles. The number of thiazole rings is 1. The molecule has 4 unspecified atom stereocenters. The second kappa shape index (κ2) is 11.7. The van der Waals surface area contributed by atoms with Crippen LogP contribution in [0.3, 0.4) is 0 Å². The molecule has 3 aliphatic heterocycles. The lowest BCUT2D eigenvalue weighted by Crippen LogP contribution is -2.43. The van der Waals surface area contributed by atoms with Gasteiger partial charge in [0.1, 0.15) is 0 Å². The van der Waals surface area contributed by atoms with Crippen LogP contribution in [0.15, 0.2) is 52.3 Å². The summed E-state index contributed by atoms with van der Waals surface area (Å²) in [7, 11) is 0. The third-order valence-corrected chi connectivity index (χ3v) is 13.0. The molecule has 2 saturated heterocycles. The summed E-state index contributed by atoms with van der Waals surface area (Å²) < 4.78 is 17.4. The number of amides is 3. The number of benzene rings is 2. The lowest BCUT2D eigenvalue weighted by atomic mass is 9.68. The van der Waals surface area contributed by atoms with Crippen molar-refractivity contribution in [3.8, 4) is 11.5 Å². The molecule has 13 heteroatoms. The molecule has 2 aromatic carbocycles. The second-order valence-corrected chi connectivity index (χ2v) is 15.0. The van der Waals surface area contributed by atoms with Gasteiger partial charge in [0.25, 0.3) is 5.91 Å². The molecule has 3 amide bonds. The van der Waals surface area contributed by atoms with Crippen molar-refractivity contribution in [2.45, 2.75) is 29.5 Å². The molecule has 4 fully saturated rings. The van der Waals surface area contributed by atoms with Gasteiger partial charge in [-0.15, -0.1) is 11.8 Å². The lowest BCUT2D eigenvalue weighted by molar-refractivity contribution is -0.137. The van der Waals surface area contributed by atoms with E-state index in [9.17, 15) is 19.2 Å². The highest BCUT2D eigenvalue weighted by Crippen LogP contribution is 2.68. The Morgan fingerprint density at radius 3 is 2.48 bits per heavy atom. The van der Waals surface area contributed by atoms with Crippen LogP contribution < -0.4 is 19.2 Å². The van der Waals surface area contributed by atoms with E-state index in [1.54, 1.807) is 40.9 Å². The normalized spacial score (nSPS) is 29.5. The fraction of sp³-hybridized carbons (Fsp3) is 0.455. The maximum atomic E-state index is 14.0. The molecule has 1 aromatic heterocycles. The maximum Gasteiger partial charge on any atom is 0.305 e. The molecule has 8 rings (SSSR count). The van der Waals surface area contributed by atoms with Crippen molar-refractivity contribution in [1.82, 2.24) is 9.88 Å². The number of morpholine rings is 1. The van der Waals surface area contributed by atoms with E-state index in [4.69, 9.17) is 25.8 Å². The molecular formula is C33H32ClN3O7S2. The Morgan fingerprint density at radius 2 is 1.74 bits per heavy atom. The number of H-pyrrole nitrogens is 1. The standard InChI is InChI=1S/C33H32ClN3O7S2/c1-2-43-22-13-16(3-8-21(22)44-15-23(38)36-9-11-42-12-10-36)24-25-19-14-20(28(25)45-30-29(24)46-33(41)35-30)27-26(19)31(39)37(32(27)40)18-6-4-17(34)5-7-18/h3-8,13,19-20,24-28H,2,9-12,14-15H2,1H3,(H,35,41)/t19-,20-,24-,25?,26?,27?,28?/m1/s1. The van der Waals surface area contributed by atoms with Gasteiger partial charge in [-0.1, -0.05) is 29.0 Å². The van der Waals surface area contributed by atoms with E-state index in [2.05, 4.69) is 4.98 Å². The van der Waals surface area contributed by atoms with Gasteiger partial charge >= 0.3 is 4.87 Å². The number of halogens is 1. The smallest absolute Gasteiger partial charge is 0.305 e. The van der Waals surface area contributed by atoms with Crippen molar-refractivity contribution in [2.24, 2.45) is 29.6 Å². The van der Waals surface area contributed by atoms with E-state index in [1.807, 2.05) is 25.1 Å². The number of carbonyl (C=O) groups is 3. The van der Waals surface area contributed by atoms with Crippen LogP contribution in [0.1, 0.15) is 29.7 Å². The average molecular weight is 682 g/mol. The monoisotopic (exact) mass is 681 g/mol. The molecule has 7 atom stereocenters. The third kappa shape index (κ3) is 4.79. The number of imide groups is 1. The number of aromatic nitrogens is 1. The van der Waals surface area contributed by atoms with Crippen molar-refractivity contribution in [3.05, 3.63) is 67.6 Å². The molecule has 5 aliphatic rings. The van der Waals surface area contributed by atoms with Gasteiger partial charge < -0.3 is 24.1 Å². The first-order chi connectivity index (χ1) is 22.3. The SMILES string of the molecule is CCOc1cc([C@H]2c3sc(=O)[nH]c3SC3C2[C@H]2C[C@@H]3C3C(=O)N(c4ccc(Cl)cc4)C(=O)C32)ccc1OCC(=O)N1CCOCC1. The lowest BCUT2D eigenvalue weighted by Gasteiger charge is -2.43. The van der Waals surface area contributed by atoms with E-state index < -0.39 is 5.92 Å². The number of nitrogens with one attached hydrogen (secondary N) is 1. The summed E-state index contributed by atoms with van der Waals surface area (Å²) in [6, 6.07) is 12.6. The third-order valence-electron chi connectivity index (χ3n) is 10.2.